The second kappa shape index (κ2) is 9.16. The minimum absolute atomic E-state index is 0.0906. The SMILES string of the molecule is CCn1cc(/C=C2\Oc3c4c(cc(C)c3C2=O)OCN(CCCOC)C4)c2cc(OC)ccc21. The fourth-order valence-electron chi connectivity index (χ4n) is 4.80. The first-order valence-electron chi connectivity index (χ1n) is 11.7. The number of aryl methyl sites for hydroxylation is 2. The zero-order valence-electron chi connectivity index (χ0n) is 20.1. The predicted molar refractivity (Wildman–Crippen MR) is 131 cm³/mol. The van der Waals surface area contributed by atoms with E-state index < -0.39 is 0 Å². The number of carbonyl (C=O) groups is 1. The van der Waals surface area contributed by atoms with E-state index in [1.54, 1.807) is 14.2 Å². The van der Waals surface area contributed by atoms with Crippen LogP contribution in [0.4, 0.5) is 0 Å². The average Bonchev–Trinajstić information content (AvgIpc) is 3.37. The smallest absolute Gasteiger partial charge is 0.232 e. The van der Waals surface area contributed by atoms with E-state index in [-0.39, 0.29) is 5.78 Å². The lowest BCUT2D eigenvalue weighted by molar-refractivity contribution is 0.0822. The van der Waals surface area contributed by atoms with Gasteiger partial charge in [0.25, 0.3) is 0 Å². The van der Waals surface area contributed by atoms with Gasteiger partial charge in [-0.05, 0) is 56.2 Å². The van der Waals surface area contributed by atoms with E-state index in [0.29, 0.717) is 37.0 Å². The monoisotopic (exact) mass is 462 g/mol. The molecule has 3 aromatic rings. The quantitative estimate of drug-likeness (QED) is 0.372. The molecule has 0 N–H and O–H groups in total. The number of nitrogens with zero attached hydrogens (tertiary/aromatic N) is 2. The van der Waals surface area contributed by atoms with E-state index in [1.165, 1.54) is 0 Å². The van der Waals surface area contributed by atoms with Crippen LogP contribution in [0.3, 0.4) is 0 Å². The molecule has 0 atom stereocenters. The number of benzene rings is 2. The van der Waals surface area contributed by atoms with Crippen LogP contribution in [0, 0.1) is 6.92 Å². The average molecular weight is 463 g/mol. The third-order valence-electron chi connectivity index (χ3n) is 6.56. The van der Waals surface area contributed by atoms with E-state index in [9.17, 15) is 4.79 Å². The zero-order valence-corrected chi connectivity index (χ0v) is 20.1. The standard InChI is InChI=1S/C27H30N2O5/c1-5-29-14-18(20-13-19(32-4)7-8-22(20)29)12-24-26(30)25-17(2)11-23-21(27(25)34-24)15-28(16-33-23)9-6-10-31-3/h7-8,11-14H,5-6,9-10,15-16H2,1-4H3/b24-12-. The molecule has 0 bridgehead atoms. The maximum absolute atomic E-state index is 13.4. The highest BCUT2D eigenvalue weighted by Gasteiger charge is 2.35. The van der Waals surface area contributed by atoms with Crippen molar-refractivity contribution >= 4 is 22.8 Å². The summed E-state index contributed by atoms with van der Waals surface area (Å²) in [7, 11) is 3.36. The fraction of sp³-hybridized carbons (Fsp3) is 0.370. The number of Topliss-reactive ketones (excluding diaryl/α,β-unsaturated/α-hetero) is 1. The van der Waals surface area contributed by atoms with Crippen molar-refractivity contribution < 1.29 is 23.7 Å². The summed E-state index contributed by atoms with van der Waals surface area (Å²) in [5.41, 5.74) is 4.44. The van der Waals surface area contributed by atoms with Gasteiger partial charge in [-0.15, -0.1) is 0 Å². The molecule has 34 heavy (non-hydrogen) atoms. The summed E-state index contributed by atoms with van der Waals surface area (Å²) in [4.78, 5) is 15.6. The topological polar surface area (TPSA) is 62.2 Å². The van der Waals surface area contributed by atoms with Crippen molar-refractivity contribution in [2.24, 2.45) is 0 Å². The van der Waals surface area contributed by atoms with Gasteiger partial charge in [0.05, 0.1) is 18.2 Å². The molecule has 2 aliphatic rings. The van der Waals surface area contributed by atoms with Gasteiger partial charge in [0, 0.05) is 56.0 Å². The Morgan fingerprint density at radius 2 is 2.06 bits per heavy atom. The molecule has 2 aromatic carbocycles. The lowest BCUT2D eigenvalue weighted by Crippen LogP contribution is -2.33. The number of hydrogen-bond acceptors (Lipinski definition) is 6. The number of rotatable bonds is 7. The summed E-state index contributed by atoms with van der Waals surface area (Å²) >= 11 is 0. The molecule has 0 unspecified atom stereocenters. The number of methoxy groups -OCH3 is 2. The minimum atomic E-state index is -0.0906. The number of ketones is 1. The lowest BCUT2D eigenvalue weighted by Gasteiger charge is -2.30. The molecule has 0 amide bonds. The van der Waals surface area contributed by atoms with Crippen LogP contribution in [0.2, 0.25) is 0 Å². The summed E-state index contributed by atoms with van der Waals surface area (Å²) in [5.74, 6) is 2.44. The Kier molecular flexibility index (Phi) is 6.06. The number of fused-ring (bicyclic) bond motifs is 4. The molecule has 5 rings (SSSR count). The summed E-state index contributed by atoms with van der Waals surface area (Å²) in [6.07, 6.45) is 4.82. The van der Waals surface area contributed by atoms with Crippen LogP contribution < -0.4 is 14.2 Å². The first-order chi connectivity index (χ1) is 16.5. The van der Waals surface area contributed by atoms with Crippen LogP contribution in [0.25, 0.3) is 17.0 Å². The van der Waals surface area contributed by atoms with Crippen molar-refractivity contribution in [1.82, 2.24) is 9.47 Å². The molecule has 0 aliphatic carbocycles. The van der Waals surface area contributed by atoms with Crippen LogP contribution in [-0.4, -0.2) is 49.4 Å². The minimum Gasteiger partial charge on any atom is -0.497 e. The second-order valence-electron chi connectivity index (χ2n) is 8.74. The predicted octanol–water partition coefficient (Wildman–Crippen LogP) is 4.78. The van der Waals surface area contributed by atoms with Crippen molar-refractivity contribution in [3.05, 3.63) is 58.5 Å². The fourth-order valence-corrected chi connectivity index (χ4v) is 4.80. The molecule has 2 aliphatic heterocycles. The molecule has 178 valence electrons. The summed E-state index contributed by atoms with van der Waals surface area (Å²) in [6.45, 7) is 7.61. The highest BCUT2D eigenvalue weighted by Crippen LogP contribution is 2.44. The summed E-state index contributed by atoms with van der Waals surface area (Å²) in [6, 6.07) is 7.95. The molecule has 0 radical (unpaired) electrons. The Balaban J connectivity index is 1.52. The van der Waals surface area contributed by atoms with Gasteiger partial charge in [-0.3, -0.25) is 9.69 Å². The third-order valence-corrected chi connectivity index (χ3v) is 6.56. The Morgan fingerprint density at radius 3 is 2.82 bits per heavy atom. The highest BCUT2D eigenvalue weighted by atomic mass is 16.5. The Bertz CT molecular complexity index is 1290. The Hall–Kier alpha value is -3.29. The molecular formula is C27H30N2O5. The van der Waals surface area contributed by atoms with Crippen LogP contribution >= 0.6 is 0 Å². The molecule has 7 heteroatoms. The van der Waals surface area contributed by atoms with Gasteiger partial charge in [0.2, 0.25) is 5.78 Å². The number of allylic oxidation sites excluding steroid dienone is 1. The van der Waals surface area contributed by atoms with Crippen LogP contribution in [-0.2, 0) is 17.8 Å². The van der Waals surface area contributed by atoms with Gasteiger partial charge in [-0.25, -0.2) is 0 Å². The molecular weight excluding hydrogens is 432 g/mol. The van der Waals surface area contributed by atoms with Crippen LogP contribution in [0.5, 0.6) is 17.2 Å². The molecule has 0 saturated carbocycles. The van der Waals surface area contributed by atoms with Gasteiger partial charge in [-0.1, -0.05) is 0 Å². The van der Waals surface area contributed by atoms with E-state index in [1.807, 2.05) is 37.3 Å². The van der Waals surface area contributed by atoms with Crippen molar-refractivity contribution in [3.8, 4) is 17.2 Å². The molecule has 3 heterocycles. The molecule has 7 nitrogen and oxygen atoms in total. The van der Waals surface area contributed by atoms with Crippen molar-refractivity contribution in [3.63, 3.8) is 0 Å². The highest BCUT2D eigenvalue weighted by molar-refractivity contribution is 6.16. The molecule has 0 spiro atoms. The van der Waals surface area contributed by atoms with Crippen molar-refractivity contribution in [2.45, 2.75) is 33.4 Å². The maximum atomic E-state index is 13.4. The van der Waals surface area contributed by atoms with E-state index >= 15 is 0 Å². The van der Waals surface area contributed by atoms with Crippen LogP contribution in [0.1, 0.15) is 40.4 Å². The van der Waals surface area contributed by atoms with Crippen LogP contribution in [0.15, 0.2) is 36.2 Å². The van der Waals surface area contributed by atoms with Crippen molar-refractivity contribution in [2.75, 3.05) is 34.1 Å². The molecule has 0 fully saturated rings. The maximum Gasteiger partial charge on any atom is 0.232 e. The van der Waals surface area contributed by atoms with Gasteiger partial charge in [0.15, 0.2) is 5.76 Å². The zero-order chi connectivity index (χ0) is 23.8. The number of aromatic nitrogens is 1. The molecule has 1 aromatic heterocycles. The number of ether oxygens (including phenoxy) is 4. The van der Waals surface area contributed by atoms with E-state index in [2.05, 4.69) is 22.6 Å². The third kappa shape index (κ3) is 3.85. The van der Waals surface area contributed by atoms with Gasteiger partial charge < -0.3 is 23.5 Å². The number of hydrogen-bond donors (Lipinski definition) is 0. The normalized spacial score (nSPS) is 16.5. The largest absolute Gasteiger partial charge is 0.497 e. The first kappa shape index (κ1) is 22.5. The lowest BCUT2D eigenvalue weighted by atomic mass is 9.98. The Labute approximate surface area is 199 Å². The first-order valence-corrected chi connectivity index (χ1v) is 11.7. The number of carbonyl (C=O) groups excluding carboxylic acids is 1. The van der Waals surface area contributed by atoms with Gasteiger partial charge >= 0.3 is 0 Å². The molecule has 0 saturated heterocycles. The second-order valence-corrected chi connectivity index (χ2v) is 8.74. The summed E-state index contributed by atoms with van der Waals surface area (Å²) < 4.78 is 25.1. The summed E-state index contributed by atoms with van der Waals surface area (Å²) in [5, 5.41) is 1.02. The van der Waals surface area contributed by atoms with Gasteiger partial charge in [0.1, 0.15) is 24.0 Å². The van der Waals surface area contributed by atoms with Crippen molar-refractivity contribution in [1.29, 1.82) is 0 Å². The van der Waals surface area contributed by atoms with Gasteiger partial charge in [-0.2, -0.15) is 0 Å². The Morgan fingerprint density at radius 1 is 1.21 bits per heavy atom. The van der Waals surface area contributed by atoms with E-state index in [4.69, 9.17) is 18.9 Å². The van der Waals surface area contributed by atoms with E-state index in [0.717, 1.165) is 58.6 Å².